The van der Waals surface area contributed by atoms with Crippen molar-refractivity contribution in [3.8, 4) is 0 Å². The van der Waals surface area contributed by atoms with Crippen molar-refractivity contribution in [3.05, 3.63) is 12.3 Å². The van der Waals surface area contributed by atoms with Gasteiger partial charge in [-0.25, -0.2) is 0 Å². The number of rotatable bonds is 16. The highest BCUT2D eigenvalue weighted by Crippen LogP contribution is 2.20. The summed E-state index contributed by atoms with van der Waals surface area (Å²) in [5.41, 5.74) is 2.26. The summed E-state index contributed by atoms with van der Waals surface area (Å²) in [6.07, 6.45) is 16.2. The van der Waals surface area contributed by atoms with Crippen molar-refractivity contribution in [2.75, 3.05) is 6.54 Å². The fourth-order valence-corrected chi connectivity index (χ4v) is 5.25. The minimum absolute atomic E-state index is 1.03. The zero-order chi connectivity index (χ0) is 16.5. The third-order valence-electron chi connectivity index (χ3n) is 5.11. The Bertz CT molecular complexity index is 269. The lowest BCUT2D eigenvalue weighted by molar-refractivity contribution is 0.558. The van der Waals surface area contributed by atoms with E-state index >= 15 is 0 Å². The Morgan fingerprint density at radius 2 is 1.27 bits per heavy atom. The molecular weight excluding hydrogens is 282 g/mol. The second-order valence-electron chi connectivity index (χ2n) is 6.75. The highest BCUT2D eigenvalue weighted by Gasteiger charge is 2.23. The first kappa shape index (κ1) is 21.6. The molecule has 2 heteroatoms. The molecule has 0 rings (SSSR count). The minimum Gasteiger partial charge on any atom is -0.298 e. The van der Waals surface area contributed by atoms with E-state index in [0.29, 0.717) is 0 Å². The van der Waals surface area contributed by atoms with E-state index in [1.807, 2.05) is 0 Å². The largest absolute Gasteiger partial charge is 0.298 e. The van der Waals surface area contributed by atoms with Gasteiger partial charge in [0.25, 0.3) is 0 Å². The van der Waals surface area contributed by atoms with Crippen molar-refractivity contribution in [1.82, 2.24) is 0 Å². The molecule has 0 radical (unpaired) electrons. The molecule has 0 saturated carbocycles. The first-order valence-corrected chi connectivity index (χ1v) is 12.6. The van der Waals surface area contributed by atoms with Crippen LogP contribution in [0.1, 0.15) is 85.0 Å². The van der Waals surface area contributed by atoms with Crippen molar-refractivity contribution in [3.63, 3.8) is 0 Å². The van der Waals surface area contributed by atoms with Crippen LogP contribution in [-0.4, -0.2) is 20.8 Å². The van der Waals surface area contributed by atoms with Crippen molar-refractivity contribution in [1.29, 1.82) is 0 Å². The minimum atomic E-state index is -1.20. The van der Waals surface area contributed by atoms with Crippen LogP contribution in [0.5, 0.6) is 0 Å². The van der Waals surface area contributed by atoms with Crippen molar-refractivity contribution < 1.29 is 0 Å². The van der Waals surface area contributed by atoms with Gasteiger partial charge in [-0.2, -0.15) is 0 Å². The molecule has 0 N–H and O–H groups in total. The Morgan fingerprint density at radius 3 is 1.73 bits per heavy atom. The monoisotopic (exact) mass is 323 g/mol. The highest BCUT2D eigenvalue weighted by atomic mass is 28.3. The molecule has 0 spiro atoms. The fourth-order valence-electron chi connectivity index (χ4n) is 2.94. The average Bonchev–Trinajstić information content (AvgIpc) is 2.56. The molecule has 0 aromatic rings. The van der Waals surface area contributed by atoms with Crippen LogP contribution in [0.15, 0.2) is 17.3 Å². The van der Waals surface area contributed by atoms with Gasteiger partial charge in [0, 0.05) is 6.54 Å². The van der Waals surface area contributed by atoms with Crippen molar-refractivity contribution >= 4 is 14.3 Å². The van der Waals surface area contributed by atoms with Gasteiger partial charge in [-0.3, -0.25) is 4.99 Å². The van der Waals surface area contributed by atoms with Crippen LogP contribution >= 0.6 is 0 Å². The molecule has 0 aliphatic heterocycles. The quantitative estimate of drug-likeness (QED) is 0.162. The predicted molar refractivity (Wildman–Crippen MR) is 107 cm³/mol. The number of aliphatic imine (C=N–C) groups is 1. The van der Waals surface area contributed by atoms with Gasteiger partial charge in [-0.05, 0) is 18.7 Å². The molecule has 0 atom stereocenters. The lowest BCUT2D eigenvalue weighted by Gasteiger charge is -2.22. The van der Waals surface area contributed by atoms with Crippen molar-refractivity contribution in [2.45, 2.75) is 103 Å². The summed E-state index contributed by atoms with van der Waals surface area (Å²) in [5.74, 6) is 0. The second-order valence-corrected chi connectivity index (χ2v) is 11.7. The van der Waals surface area contributed by atoms with Crippen LogP contribution in [0.2, 0.25) is 18.1 Å². The van der Waals surface area contributed by atoms with E-state index in [0.717, 1.165) is 6.54 Å². The van der Waals surface area contributed by atoms with Crippen LogP contribution in [0.25, 0.3) is 0 Å². The third-order valence-corrected chi connectivity index (χ3v) is 9.79. The molecule has 0 aromatic heterocycles. The van der Waals surface area contributed by atoms with Gasteiger partial charge in [0.15, 0.2) is 0 Å². The molecule has 0 aromatic carbocycles. The molecule has 0 unspecified atom stereocenters. The van der Waals surface area contributed by atoms with Gasteiger partial charge >= 0.3 is 0 Å². The average molecular weight is 324 g/mol. The zero-order valence-electron chi connectivity index (χ0n) is 15.7. The summed E-state index contributed by atoms with van der Waals surface area (Å²) < 4.78 is 0. The Morgan fingerprint density at radius 1 is 0.773 bits per heavy atom. The van der Waals surface area contributed by atoms with E-state index < -0.39 is 8.07 Å². The van der Waals surface area contributed by atoms with E-state index in [2.05, 4.69) is 44.3 Å². The number of hydrogen-bond acceptors (Lipinski definition) is 1. The topological polar surface area (TPSA) is 12.4 Å². The Kier molecular flexibility index (Phi) is 15.3. The third kappa shape index (κ3) is 11.2. The van der Waals surface area contributed by atoms with Crippen LogP contribution in [0, 0.1) is 0 Å². The number of nitrogens with zero attached hydrogens (tertiary/aromatic N) is 1. The lowest BCUT2D eigenvalue weighted by Crippen LogP contribution is -2.29. The Balaban J connectivity index is 3.42. The molecule has 0 bridgehead atoms. The first-order valence-electron chi connectivity index (χ1n) is 9.86. The molecule has 0 aliphatic carbocycles. The van der Waals surface area contributed by atoms with E-state index in [4.69, 9.17) is 0 Å². The molecule has 0 heterocycles. The summed E-state index contributed by atoms with van der Waals surface area (Å²) in [6.45, 7) is 12.0. The lowest BCUT2D eigenvalue weighted by atomic mass is 10.1. The van der Waals surface area contributed by atoms with Gasteiger partial charge in [-0.15, -0.1) is 12.3 Å². The maximum absolute atomic E-state index is 4.63. The van der Waals surface area contributed by atoms with Gasteiger partial charge < -0.3 is 0 Å². The number of unbranched alkanes of at least 4 members (excludes halogenated alkanes) is 9. The molecular formula is C20H41NSi. The van der Waals surface area contributed by atoms with E-state index in [1.54, 1.807) is 0 Å². The summed E-state index contributed by atoms with van der Waals surface area (Å²) in [5, 5.41) is 0. The molecule has 1 nitrogen and oxygen atoms in total. The SMILES string of the molecule is C=C[Si](CC)(CC)CC=NCCCCCCCCCCCC. The molecule has 0 fully saturated rings. The molecule has 0 aliphatic rings. The summed E-state index contributed by atoms with van der Waals surface area (Å²) >= 11 is 0. The maximum Gasteiger partial charge on any atom is 0.0817 e. The Labute approximate surface area is 141 Å². The fraction of sp³-hybridized carbons (Fsp3) is 0.850. The summed E-state index contributed by atoms with van der Waals surface area (Å²) in [7, 11) is -1.20. The number of hydrogen-bond donors (Lipinski definition) is 0. The van der Waals surface area contributed by atoms with Crippen LogP contribution in [0.3, 0.4) is 0 Å². The molecule has 0 saturated heterocycles. The van der Waals surface area contributed by atoms with Crippen molar-refractivity contribution in [2.24, 2.45) is 4.99 Å². The van der Waals surface area contributed by atoms with E-state index in [9.17, 15) is 0 Å². The van der Waals surface area contributed by atoms with Gasteiger partial charge in [-0.1, -0.05) is 90.6 Å². The van der Waals surface area contributed by atoms with Gasteiger partial charge in [0.1, 0.15) is 0 Å². The predicted octanol–water partition coefficient (Wildman–Crippen LogP) is 7.19. The van der Waals surface area contributed by atoms with E-state index in [1.165, 1.54) is 82.3 Å². The summed E-state index contributed by atoms with van der Waals surface area (Å²) in [4.78, 5) is 4.63. The zero-order valence-corrected chi connectivity index (χ0v) is 16.7. The molecule has 22 heavy (non-hydrogen) atoms. The van der Waals surface area contributed by atoms with Crippen LogP contribution in [-0.2, 0) is 0 Å². The van der Waals surface area contributed by atoms with E-state index in [-0.39, 0.29) is 0 Å². The summed E-state index contributed by atoms with van der Waals surface area (Å²) in [6, 6.07) is 3.80. The Hall–Kier alpha value is -0.373. The maximum atomic E-state index is 4.63. The smallest absolute Gasteiger partial charge is 0.0817 e. The van der Waals surface area contributed by atoms with Gasteiger partial charge in [0.05, 0.1) is 8.07 Å². The first-order chi connectivity index (χ1) is 10.7. The van der Waals surface area contributed by atoms with Crippen LogP contribution < -0.4 is 0 Å². The molecule has 0 amide bonds. The van der Waals surface area contributed by atoms with Gasteiger partial charge in [0.2, 0.25) is 0 Å². The highest BCUT2D eigenvalue weighted by molar-refractivity contribution is 6.86. The second kappa shape index (κ2) is 15.5. The molecule has 130 valence electrons. The van der Waals surface area contributed by atoms with Crippen LogP contribution in [0.4, 0.5) is 0 Å². The normalized spacial score (nSPS) is 12.1. The standard InChI is InChI=1S/C20H41NSi/c1-5-9-10-11-12-13-14-15-16-17-18-21-19-20-22(6-2,7-3)8-4/h6,19H,2,5,7-18,20H2,1,3-4H3.